The van der Waals surface area contributed by atoms with Crippen LogP contribution in [0.5, 0.6) is 0 Å². The van der Waals surface area contributed by atoms with Crippen molar-refractivity contribution in [2.24, 2.45) is 0 Å². The summed E-state index contributed by atoms with van der Waals surface area (Å²) in [6, 6.07) is 6.21. The monoisotopic (exact) mass is 378 g/mol. The highest BCUT2D eigenvalue weighted by Crippen LogP contribution is 2.46. The quantitative estimate of drug-likeness (QED) is 0.625. The zero-order valence-corrected chi connectivity index (χ0v) is 13.8. The second kappa shape index (κ2) is 4.29. The van der Waals surface area contributed by atoms with Gasteiger partial charge in [-0.25, -0.2) is 0 Å². The Labute approximate surface area is 129 Å². The van der Waals surface area contributed by atoms with Crippen molar-refractivity contribution in [2.45, 2.75) is 19.3 Å². The van der Waals surface area contributed by atoms with Gasteiger partial charge in [-0.05, 0) is 41.0 Å². The lowest BCUT2D eigenvalue weighted by molar-refractivity contribution is -0.111. The van der Waals surface area contributed by atoms with Gasteiger partial charge >= 0.3 is 0 Å². The van der Waals surface area contributed by atoms with E-state index in [1.807, 2.05) is 12.1 Å². The highest BCUT2D eigenvalue weighted by atomic mass is 79.9. The predicted octanol–water partition coefficient (Wildman–Crippen LogP) is 4.91. The van der Waals surface area contributed by atoms with E-state index in [0.29, 0.717) is 0 Å². The van der Waals surface area contributed by atoms with E-state index in [2.05, 4.69) is 63.9 Å². The summed E-state index contributed by atoms with van der Waals surface area (Å²) in [5.74, 6) is 0.0750. The minimum atomic E-state index is -0.174. The molecular weight excluding hydrogens is 368 g/mol. The van der Waals surface area contributed by atoms with E-state index in [4.69, 9.17) is 0 Å². The van der Waals surface area contributed by atoms with Crippen LogP contribution >= 0.6 is 31.9 Å². The highest BCUT2D eigenvalue weighted by molar-refractivity contribution is 9.12. The fraction of sp³-hybridized carbons (Fsp3) is 0.188. The van der Waals surface area contributed by atoms with Crippen LogP contribution < -0.4 is 0 Å². The van der Waals surface area contributed by atoms with Crippen molar-refractivity contribution < 1.29 is 4.79 Å². The molecule has 0 N–H and O–H groups in total. The maximum absolute atomic E-state index is 12.2. The van der Waals surface area contributed by atoms with E-state index in [1.165, 1.54) is 5.56 Å². The maximum atomic E-state index is 12.2. The van der Waals surface area contributed by atoms with Crippen molar-refractivity contribution >= 4 is 43.7 Å². The van der Waals surface area contributed by atoms with Gasteiger partial charge in [-0.15, -0.1) is 0 Å². The minimum Gasteiger partial charge on any atom is -0.289 e. The Morgan fingerprint density at radius 3 is 2.53 bits per heavy atom. The highest BCUT2D eigenvalue weighted by Gasteiger charge is 2.36. The number of hydrogen-bond acceptors (Lipinski definition) is 1. The molecule has 0 bridgehead atoms. The number of benzene rings is 1. The van der Waals surface area contributed by atoms with E-state index in [0.717, 1.165) is 25.7 Å². The second-order valence-electron chi connectivity index (χ2n) is 5.37. The van der Waals surface area contributed by atoms with E-state index in [9.17, 15) is 4.79 Å². The van der Waals surface area contributed by atoms with Crippen molar-refractivity contribution in [2.75, 3.05) is 0 Å². The largest absolute Gasteiger partial charge is 0.289 e. The summed E-state index contributed by atoms with van der Waals surface area (Å²) in [5, 5.41) is 0. The van der Waals surface area contributed by atoms with Gasteiger partial charge in [-0.2, -0.15) is 0 Å². The summed E-state index contributed by atoms with van der Waals surface area (Å²) in [4.78, 5) is 12.2. The van der Waals surface area contributed by atoms with Crippen molar-refractivity contribution in [1.82, 2.24) is 0 Å². The molecule has 96 valence electrons. The first-order valence-electron chi connectivity index (χ1n) is 6.05. The van der Waals surface area contributed by atoms with Crippen molar-refractivity contribution in [3.63, 3.8) is 0 Å². The smallest absolute Gasteiger partial charge is 0.187 e. The van der Waals surface area contributed by atoms with Crippen LogP contribution in [-0.4, -0.2) is 5.78 Å². The third kappa shape index (κ3) is 2.00. The molecular formula is C16H12Br2O. The number of hydrogen-bond donors (Lipinski definition) is 0. The van der Waals surface area contributed by atoms with E-state index in [-0.39, 0.29) is 11.2 Å². The molecule has 0 radical (unpaired) electrons. The molecule has 0 aromatic heterocycles. The molecule has 0 fully saturated rings. The lowest BCUT2D eigenvalue weighted by atomic mass is 9.67. The lowest BCUT2D eigenvalue weighted by Crippen LogP contribution is -2.29. The average Bonchev–Trinajstić information content (AvgIpc) is 2.32. The number of carbonyl (C=O) groups is 1. The topological polar surface area (TPSA) is 17.1 Å². The van der Waals surface area contributed by atoms with Crippen LogP contribution in [-0.2, 0) is 10.2 Å². The van der Waals surface area contributed by atoms with Crippen LogP contribution in [0.15, 0.2) is 50.5 Å². The van der Waals surface area contributed by atoms with Crippen LogP contribution in [0.4, 0.5) is 0 Å². The van der Waals surface area contributed by atoms with Crippen molar-refractivity contribution in [3.8, 4) is 0 Å². The number of fused-ring (bicyclic) bond motifs is 2. The molecule has 0 saturated carbocycles. The molecule has 0 spiro atoms. The van der Waals surface area contributed by atoms with Gasteiger partial charge in [-0.3, -0.25) is 4.79 Å². The Morgan fingerprint density at radius 2 is 1.79 bits per heavy atom. The Balaban J connectivity index is 2.32. The Bertz CT molecular complexity index is 691. The zero-order valence-electron chi connectivity index (χ0n) is 10.6. The fourth-order valence-electron chi connectivity index (χ4n) is 2.76. The van der Waals surface area contributed by atoms with E-state index in [1.54, 1.807) is 6.08 Å². The molecule has 2 aliphatic carbocycles. The molecule has 1 aromatic carbocycles. The normalized spacial score (nSPS) is 20.0. The summed E-state index contributed by atoms with van der Waals surface area (Å²) >= 11 is 6.95. The lowest BCUT2D eigenvalue weighted by Gasteiger charge is -2.36. The molecule has 1 nitrogen and oxygen atoms in total. The zero-order chi connectivity index (χ0) is 13.8. The molecule has 0 saturated heterocycles. The van der Waals surface area contributed by atoms with Crippen LogP contribution in [0.1, 0.15) is 25.0 Å². The van der Waals surface area contributed by atoms with E-state index < -0.39 is 0 Å². The number of carbonyl (C=O) groups excluding carboxylic acids is 1. The Kier molecular flexibility index (Phi) is 2.95. The van der Waals surface area contributed by atoms with Crippen molar-refractivity contribution in [3.05, 3.63) is 61.6 Å². The van der Waals surface area contributed by atoms with Crippen LogP contribution in [0.25, 0.3) is 6.08 Å². The van der Waals surface area contributed by atoms with Gasteiger partial charge in [0.1, 0.15) is 0 Å². The standard InChI is InChI=1S/C16H12Br2O/c1-16(2)13-6-10(17)4-3-9(13)5-12-14(16)7-11(18)8-15(12)19/h3-8H,1-2H3. The molecule has 0 unspecified atom stereocenters. The minimum absolute atomic E-state index is 0.0750. The van der Waals surface area contributed by atoms with Gasteiger partial charge in [0.2, 0.25) is 0 Å². The van der Waals surface area contributed by atoms with Gasteiger partial charge in [0.05, 0.1) is 0 Å². The van der Waals surface area contributed by atoms with Gasteiger partial charge in [-0.1, -0.05) is 51.8 Å². The van der Waals surface area contributed by atoms with Gasteiger partial charge < -0.3 is 0 Å². The third-order valence-corrected chi connectivity index (χ3v) is 4.72. The predicted molar refractivity (Wildman–Crippen MR) is 85.2 cm³/mol. The number of ketones is 1. The van der Waals surface area contributed by atoms with Gasteiger partial charge in [0.15, 0.2) is 5.78 Å². The molecule has 0 amide bonds. The summed E-state index contributed by atoms with van der Waals surface area (Å²) < 4.78 is 1.91. The molecule has 0 aliphatic heterocycles. The van der Waals surface area contributed by atoms with Crippen molar-refractivity contribution in [1.29, 1.82) is 0 Å². The molecule has 1 aromatic rings. The first kappa shape index (κ1) is 13.1. The first-order valence-corrected chi connectivity index (χ1v) is 7.64. The number of allylic oxidation sites excluding steroid dienone is 5. The second-order valence-corrected chi connectivity index (χ2v) is 7.20. The molecule has 3 heteroatoms. The SMILES string of the molecule is CC1(C)C2=CC(Br)=CC(=O)C2=Cc2ccc(Br)cc21. The average molecular weight is 380 g/mol. The van der Waals surface area contributed by atoms with Crippen LogP contribution in [0, 0.1) is 0 Å². The Morgan fingerprint density at radius 1 is 1.05 bits per heavy atom. The number of halogens is 2. The van der Waals surface area contributed by atoms with E-state index >= 15 is 0 Å². The third-order valence-electron chi connectivity index (χ3n) is 3.77. The molecule has 19 heavy (non-hydrogen) atoms. The Hall–Kier alpha value is -0.930. The summed E-state index contributed by atoms with van der Waals surface area (Å²) in [6.45, 7) is 4.33. The maximum Gasteiger partial charge on any atom is 0.187 e. The van der Waals surface area contributed by atoms with Gasteiger partial charge in [0.25, 0.3) is 0 Å². The molecule has 2 aliphatic rings. The summed E-state index contributed by atoms with van der Waals surface area (Å²) in [7, 11) is 0. The molecule has 0 heterocycles. The molecule has 0 atom stereocenters. The summed E-state index contributed by atoms with van der Waals surface area (Å²) in [5.41, 5.74) is 4.08. The van der Waals surface area contributed by atoms with Gasteiger partial charge in [0, 0.05) is 26.0 Å². The number of rotatable bonds is 0. The fourth-order valence-corrected chi connectivity index (χ4v) is 3.55. The summed E-state index contributed by atoms with van der Waals surface area (Å²) in [6.07, 6.45) is 5.68. The first-order chi connectivity index (χ1) is 8.89. The molecule has 3 rings (SSSR count). The van der Waals surface area contributed by atoms with Crippen LogP contribution in [0.2, 0.25) is 0 Å². The van der Waals surface area contributed by atoms with Crippen LogP contribution in [0.3, 0.4) is 0 Å².